The second-order valence-electron chi connectivity index (χ2n) is 10.3. The van der Waals surface area contributed by atoms with Crippen molar-refractivity contribution in [2.75, 3.05) is 50.8 Å². The molecule has 0 unspecified atom stereocenters. The largest absolute Gasteiger partial charge is 0.381 e. The summed E-state index contributed by atoms with van der Waals surface area (Å²) in [4.78, 5) is 27.4. The molecule has 0 bridgehead atoms. The summed E-state index contributed by atoms with van der Waals surface area (Å²) in [5, 5.41) is 1.12. The molecule has 0 aliphatic carbocycles. The number of hydrogen-bond donors (Lipinski definition) is 1. The number of aryl methyl sites for hydroxylation is 1. The Kier molecular flexibility index (Phi) is 6.57. The lowest BCUT2D eigenvalue weighted by Gasteiger charge is -2.37. The Labute approximate surface area is 205 Å². The van der Waals surface area contributed by atoms with Gasteiger partial charge in [-0.25, -0.2) is 4.98 Å². The van der Waals surface area contributed by atoms with E-state index in [-0.39, 0.29) is 5.56 Å². The van der Waals surface area contributed by atoms with Gasteiger partial charge in [0, 0.05) is 75.9 Å². The summed E-state index contributed by atoms with van der Waals surface area (Å²) in [5.41, 5.74) is 6.44. The molecule has 2 aliphatic rings. The first-order valence-electron chi connectivity index (χ1n) is 12.6. The van der Waals surface area contributed by atoms with Crippen LogP contribution in [-0.4, -0.2) is 65.4 Å². The summed E-state index contributed by atoms with van der Waals surface area (Å²) in [7, 11) is 1.83. The fraction of sp³-hybridized carbons (Fsp3) is 0.615. The van der Waals surface area contributed by atoms with Crippen LogP contribution in [-0.2, 0) is 11.8 Å². The van der Waals surface area contributed by atoms with Gasteiger partial charge in [0.1, 0.15) is 10.3 Å². The van der Waals surface area contributed by atoms with Crippen LogP contribution in [0.4, 0.5) is 5.13 Å². The van der Waals surface area contributed by atoms with Crippen molar-refractivity contribution in [1.82, 2.24) is 19.4 Å². The van der Waals surface area contributed by atoms with Gasteiger partial charge in [-0.1, -0.05) is 25.2 Å². The first kappa shape index (κ1) is 23.6. The predicted molar refractivity (Wildman–Crippen MR) is 140 cm³/mol. The van der Waals surface area contributed by atoms with E-state index in [2.05, 4.69) is 28.6 Å². The molecule has 2 fully saturated rings. The Bertz CT molecular complexity index is 1230. The van der Waals surface area contributed by atoms with Gasteiger partial charge < -0.3 is 19.2 Å². The van der Waals surface area contributed by atoms with Crippen LogP contribution in [0.15, 0.2) is 11.0 Å². The topological polar surface area (TPSA) is 66.4 Å². The van der Waals surface area contributed by atoms with E-state index >= 15 is 0 Å². The molecule has 1 N–H and O–H groups in total. The summed E-state index contributed by atoms with van der Waals surface area (Å²) >= 11 is 1.76. The first-order chi connectivity index (χ1) is 16.3. The van der Waals surface area contributed by atoms with Gasteiger partial charge in [0.25, 0.3) is 5.56 Å². The van der Waals surface area contributed by atoms with E-state index in [0.29, 0.717) is 5.92 Å². The van der Waals surface area contributed by atoms with E-state index in [1.807, 2.05) is 27.1 Å². The molecule has 0 atom stereocenters. The molecule has 184 valence electrons. The number of hydrogen-bond acceptors (Lipinski definition) is 6. The number of piperazine rings is 1. The van der Waals surface area contributed by atoms with E-state index in [1.54, 1.807) is 15.9 Å². The second-order valence-corrected chi connectivity index (χ2v) is 11.3. The lowest BCUT2D eigenvalue weighted by atomic mass is 9.96. The van der Waals surface area contributed by atoms with Crippen LogP contribution < -0.4 is 10.5 Å². The molecule has 0 spiro atoms. The number of thiazole rings is 1. The minimum absolute atomic E-state index is 0.0667. The third-order valence-electron chi connectivity index (χ3n) is 7.66. The average Bonchev–Trinajstić information content (AvgIpc) is 3.39. The number of pyridine rings is 1. The van der Waals surface area contributed by atoms with Gasteiger partial charge in [0.15, 0.2) is 5.13 Å². The highest BCUT2D eigenvalue weighted by molar-refractivity contribution is 7.21. The normalized spacial score (nSPS) is 18.5. The van der Waals surface area contributed by atoms with Gasteiger partial charge in [0.05, 0.1) is 5.69 Å². The number of nitrogens with one attached hydrogen (secondary N) is 1. The molecule has 3 aromatic rings. The molecular formula is C26H37N5O2S. The Morgan fingerprint density at radius 1 is 1.15 bits per heavy atom. The van der Waals surface area contributed by atoms with Crippen molar-refractivity contribution in [3.8, 4) is 11.3 Å². The summed E-state index contributed by atoms with van der Waals surface area (Å²) in [5.74, 6) is 1.11. The van der Waals surface area contributed by atoms with Gasteiger partial charge in [-0.3, -0.25) is 9.69 Å². The number of nitrogens with zero attached hydrogens (tertiary/aromatic N) is 4. The van der Waals surface area contributed by atoms with E-state index in [0.717, 1.165) is 83.2 Å². The van der Waals surface area contributed by atoms with Crippen molar-refractivity contribution in [2.24, 2.45) is 13.0 Å². The van der Waals surface area contributed by atoms with Crippen LogP contribution in [0.25, 0.3) is 21.6 Å². The minimum atomic E-state index is 0.0667. The monoisotopic (exact) mass is 483 g/mol. The van der Waals surface area contributed by atoms with E-state index in [9.17, 15) is 4.79 Å². The molecule has 34 heavy (non-hydrogen) atoms. The number of H-pyrrole nitrogens is 1. The third kappa shape index (κ3) is 4.32. The molecule has 7 nitrogen and oxygen atoms in total. The van der Waals surface area contributed by atoms with Crippen LogP contribution in [0.1, 0.15) is 49.3 Å². The molecule has 8 heteroatoms. The highest BCUT2D eigenvalue weighted by Gasteiger charge is 2.26. The standard InChI is InChI=1S/C26H37N5O2S/c1-16(2)21-22(20-15-29(5)25(32)18(4)17(20)3)27-24-23(21)28-26(34-24)31-10-8-30(9-11-31)14-19-6-12-33-13-7-19/h15-16,19,27H,6-14H2,1-5H3. The number of aromatic nitrogens is 3. The van der Waals surface area contributed by atoms with Gasteiger partial charge in [0.2, 0.25) is 0 Å². The van der Waals surface area contributed by atoms with Crippen molar-refractivity contribution in [3.05, 3.63) is 33.2 Å². The van der Waals surface area contributed by atoms with E-state index in [4.69, 9.17) is 9.72 Å². The maximum atomic E-state index is 12.4. The molecule has 2 aliphatic heterocycles. The Hall–Kier alpha value is -2.16. The quantitative estimate of drug-likeness (QED) is 0.587. The number of anilines is 1. The Balaban J connectivity index is 1.38. The maximum absolute atomic E-state index is 12.4. The molecule has 2 saturated heterocycles. The summed E-state index contributed by atoms with van der Waals surface area (Å²) in [6, 6.07) is 0. The zero-order valence-electron chi connectivity index (χ0n) is 21.1. The Morgan fingerprint density at radius 3 is 2.53 bits per heavy atom. The lowest BCUT2D eigenvalue weighted by molar-refractivity contribution is 0.0517. The van der Waals surface area contributed by atoms with Crippen LogP contribution >= 0.6 is 11.3 Å². The number of aromatic amines is 1. The van der Waals surface area contributed by atoms with Crippen molar-refractivity contribution in [3.63, 3.8) is 0 Å². The molecule has 5 rings (SSSR count). The SMILES string of the molecule is Cc1c(-c2[nH]c3sc(N4CCN(CC5CCOCC5)CC4)nc3c2C(C)C)cn(C)c(=O)c1C. The fourth-order valence-electron chi connectivity index (χ4n) is 5.43. The van der Waals surface area contributed by atoms with Crippen molar-refractivity contribution >= 4 is 26.8 Å². The van der Waals surface area contributed by atoms with Gasteiger partial charge in [-0.15, -0.1) is 0 Å². The number of fused-ring (bicyclic) bond motifs is 1. The molecule has 0 radical (unpaired) electrons. The molecule has 0 amide bonds. The summed E-state index contributed by atoms with van der Waals surface area (Å²) in [6.07, 6.45) is 4.36. The van der Waals surface area contributed by atoms with Crippen LogP contribution in [0.3, 0.4) is 0 Å². The van der Waals surface area contributed by atoms with Gasteiger partial charge in [-0.05, 0) is 44.1 Å². The second kappa shape index (κ2) is 9.47. The fourth-order valence-corrected chi connectivity index (χ4v) is 6.47. The van der Waals surface area contributed by atoms with Crippen LogP contribution in [0.2, 0.25) is 0 Å². The summed E-state index contributed by atoms with van der Waals surface area (Å²) < 4.78 is 7.21. The minimum Gasteiger partial charge on any atom is -0.381 e. The first-order valence-corrected chi connectivity index (χ1v) is 13.4. The lowest BCUT2D eigenvalue weighted by Crippen LogP contribution is -2.48. The van der Waals surface area contributed by atoms with Crippen molar-refractivity contribution < 1.29 is 4.74 Å². The van der Waals surface area contributed by atoms with E-state index in [1.165, 1.54) is 24.9 Å². The molecule has 0 aromatic carbocycles. The Morgan fingerprint density at radius 2 is 1.85 bits per heavy atom. The molecule has 3 aromatic heterocycles. The van der Waals surface area contributed by atoms with Crippen molar-refractivity contribution in [1.29, 1.82) is 0 Å². The predicted octanol–water partition coefficient (Wildman–Crippen LogP) is 4.28. The summed E-state index contributed by atoms with van der Waals surface area (Å²) in [6.45, 7) is 15.7. The number of rotatable bonds is 5. The third-order valence-corrected chi connectivity index (χ3v) is 8.69. The molecule has 0 saturated carbocycles. The zero-order valence-corrected chi connectivity index (χ0v) is 21.9. The van der Waals surface area contributed by atoms with Gasteiger partial charge in [-0.2, -0.15) is 0 Å². The van der Waals surface area contributed by atoms with Crippen LogP contribution in [0, 0.1) is 19.8 Å². The maximum Gasteiger partial charge on any atom is 0.253 e. The molecule has 5 heterocycles. The highest BCUT2D eigenvalue weighted by Crippen LogP contribution is 2.40. The van der Waals surface area contributed by atoms with Gasteiger partial charge >= 0.3 is 0 Å². The smallest absolute Gasteiger partial charge is 0.253 e. The molecular weight excluding hydrogens is 446 g/mol. The zero-order chi connectivity index (χ0) is 24.0. The average molecular weight is 484 g/mol. The van der Waals surface area contributed by atoms with Crippen molar-refractivity contribution in [2.45, 2.75) is 46.5 Å². The van der Waals surface area contributed by atoms with Crippen LogP contribution in [0.5, 0.6) is 0 Å². The number of ether oxygens (including phenoxy) is 1. The highest BCUT2D eigenvalue weighted by atomic mass is 32.1. The van der Waals surface area contributed by atoms with E-state index < -0.39 is 0 Å².